The van der Waals surface area contributed by atoms with Crippen LogP contribution in [0.5, 0.6) is 0 Å². The van der Waals surface area contributed by atoms with Crippen molar-refractivity contribution >= 4 is 0 Å². The van der Waals surface area contributed by atoms with E-state index in [0.29, 0.717) is 0 Å². The summed E-state index contributed by atoms with van der Waals surface area (Å²) >= 11 is 0. The minimum Gasteiger partial charge on any atom is -1.00 e. The van der Waals surface area contributed by atoms with Crippen molar-refractivity contribution < 1.29 is 40.9 Å². The standard InChI is InChI=1S/C5H6O.BrH.Li/c6-4-3-5-1-2-5;;/h4,6H,1-2H2;1H;/q;;+1/p-1. The van der Waals surface area contributed by atoms with Gasteiger partial charge in [-0.15, -0.1) is 0 Å². The van der Waals surface area contributed by atoms with Crippen LogP contribution in [-0.2, 0) is 0 Å². The summed E-state index contributed by atoms with van der Waals surface area (Å²) in [5.41, 5.74) is 3.90. The van der Waals surface area contributed by atoms with E-state index in [1.54, 1.807) is 0 Å². The van der Waals surface area contributed by atoms with Gasteiger partial charge < -0.3 is 22.1 Å². The maximum atomic E-state index is 8.02. The van der Waals surface area contributed by atoms with E-state index in [1.165, 1.54) is 5.57 Å². The van der Waals surface area contributed by atoms with Crippen LogP contribution in [0.3, 0.4) is 0 Å². The van der Waals surface area contributed by atoms with Crippen molar-refractivity contribution in [2.24, 2.45) is 0 Å². The van der Waals surface area contributed by atoms with Gasteiger partial charge >= 0.3 is 18.9 Å². The third-order valence-electron chi connectivity index (χ3n) is 0.769. The Hall–Kier alpha value is 0.397. The summed E-state index contributed by atoms with van der Waals surface area (Å²) in [5.74, 6) is 0. The number of hydrogen-bond donors (Lipinski definition) is 1. The minimum absolute atomic E-state index is 0. The fraction of sp³-hybridized carbons (Fsp3) is 0.400. The molecule has 0 bridgehead atoms. The number of rotatable bonds is 0. The first-order chi connectivity index (χ1) is 2.93. The Morgan fingerprint density at radius 1 is 1.50 bits per heavy atom. The number of aliphatic hydroxyl groups is 1. The number of hydrogen-bond acceptors (Lipinski definition) is 1. The Kier molecular flexibility index (Phi) is 7.76. The quantitative estimate of drug-likeness (QED) is 0.220. The molecular weight excluding hydrogens is 163 g/mol. The normalized spacial score (nSPS) is 12.2. The Bertz CT molecular complexity index is 110. The zero-order chi connectivity index (χ0) is 4.41. The van der Waals surface area contributed by atoms with E-state index >= 15 is 0 Å². The van der Waals surface area contributed by atoms with E-state index in [4.69, 9.17) is 5.11 Å². The molecule has 0 radical (unpaired) electrons. The topological polar surface area (TPSA) is 20.2 Å². The van der Waals surface area contributed by atoms with Crippen molar-refractivity contribution in [2.75, 3.05) is 0 Å². The predicted octanol–water partition coefficient (Wildman–Crippen LogP) is -4.61. The van der Waals surface area contributed by atoms with Gasteiger partial charge in [0.1, 0.15) is 6.26 Å². The average Bonchev–Trinajstić information content (AvgIpc) is 2.21. The molecule has 40 valence electrons. The van der Waals surface area contributed by atoms with Gasteiger partial charge in [0.15, 0.2) is 0 Å². The van der Waals surface area contributed by atoms with Crippen LogP contribution in [-0.4, -0.2) is 5.11 Å². The summed E-state index contributed by atoms with van der Waals surface area (Å²) in [6, 6.07) is 0. The van der Waals surface area contributed by atoms with Crippen molar-refractivity contribution in [1.29, 1.82) is 0 Å². The molecular formula is C5H6BrLiO. The summed E-state index contributed by atoms with van der Waals surface area (Å²) in [6.45, 7) is 0. The van der Waals surface area contributed by atoms with Crippen LogP contribution in [0.4, 0.5) is 0 Å². The van der Waals surface area contributed by atoms with Crippen molar-refractivity contribution in [3.8, 4) is 0 Å². The van der Waals surface area contributed by atoms with Gasteiger partial charge in [0.05, 0.1) is 0 Å². The number of allylic oxidation sites excluding steroid dienone is 1. The van der Waals surface area contributed by atoms with Gasteiger partial charge in [-0.25, -0.2) is 0 Å². The van der Waals surface area contributed by atoms with Crippen molar-refractivity contribution in [2.45, 2.75) is 12.8 Å². The van der Waals surface area contributed by atoms with Gasteiger partial charge in [-0.1, -0.05) is 5.73 Å². The molecule has 3 heteroatoms. The smallest absolute Gasteiger partial charge is 1.00 e. The molecule has 1 rings (SSSR count). The maximum Gasteiger partial charge on any atom is 1.00 e. The van der Waals surface area contributed by atoms with Gasteiger partial charge in [-0.2, -0.15) is 0 Å². The van der Waals surface area contributed by atoms with Gasteiger partial charge in [0.2, 0.25) is 0 Å². The van der Waals surface area contributed by atoms with Gasteiger partial charge in [0.25, 0.3) is 0 Å². The van der Waals surface area contributed by atoms with Crippen LogP contribution >= 0.6 is 0 Å². The van der Waals surface area contributed by atoms with E-state index in [9.17, 15) is 0 Å². The zero-order valence-corrected chi connectivity index (χ0v) is 6.40. The summed E-state index contributed by atoms with van der Waals surface area (Å²) in [6.07, 6.45) is 3.25. The van der Waals surface area contributed by atoms with Crippen LogP contribution in [0.2, 0.25) is 0 Å². The predicted molar refractivity (Wildman–Crippen MR) is 23.5 cm³/mol. The molecule has 0 spiro atoms. The summed E-state index contributed by atoms with van der Waals surface area (Å²) in [4.78, 5) is 0. The molecule has 1 aliphatic rings. The van der Waals surface area contributed by atoms with E-state index < -0.39 is 0 Å². The van der Waals surface area contributed by atoms with E-state index in [1.807, 2.05) is 0 Å². The molecule has 0 amide bonds. The van der Waals surface area contributed by atoms with Crippen LogP contribution < -0.4 is 35.8 Å². The second-order valence-electron chi connectivity index (χ2n) is 1.38. The van der Waals surface area contributed by atoms with Crippen LogP contribution in [0.1, 0.15) is 12.8 Å². The van der Waals surface area contributed by atoms with Crippen LogP contribution in [0, 0.1) is 0 Å². The molecule has 0 unspecified atom stereocenters. The van der Waals surface area contributed by atoms with Gasteiger partial charge in [-0.05, 0) is 18.4 Å². The van der Waals surface area contributed by atoms with E-state index in [0.717, 1.165) is 19.1 Å². The molecule has 1 aliphatic carbocycles. The fourth-order valence-corrected chi connectivity index (χ4v) is 0.298. The molecule has 0 atom stereocenters. The number of halogens is 1. The molecule has 0 saturated heterocycles. The van der Waals surface area contributed by atoms with E-state index in [2.05, 4.69) is 5.73 Å². The molecule has 0 aromatic heterocycles. The molecule has 0 heterocycles. The Balaban J connectivity index is 0. The number of aliphatic hydroxyl groups excluding tert-OH is 1. The Morgan fingerprint density at radius 2 is 2.00 bits per heavy atom. The minimum atomic E-state index is 0. The molecule has 0 aromatic carbocycles. The molecule has 1 fully saturated rings. The molecule has 8 heavy (non-hydrogen) atoms. The molecule has 1 saturated carbocycles. The average molecular weight is 169 g/mol. The van der Waals surface area contributed by atoms with Crippen molar-refractivity contribution in [3.05, 3.63) is 17.6 Å². The monoisotopic (exact) mass is 168 g/mol. The van der Waals surface area contributed by atoms with Gasteiger partial charge in [-0.3, -0.25) is 0 Å². The molecule has 1 N–H and O–H groups in total. The van der Waals surface area contributed by atoms with Crippen molar-refractivity contribution in [1.82, 2.24) is 0 Å². The Morgan fingerprint density at radius 3 is 2.12 bits per heavy atom. The largest absolute Gasteiger partial charge is 1.00 e. The fourth-order valence-electron chi connectivity index (χ4n) is 0.298. The van der Waals surface area contributed by atoms with Crippen LogP contribution in [0.25, 0.3) is 0 Å². The first-order valence-electron chi connectivity index (χ1n) is 2.00. The molecule has 1 nitrogen and oxygen atoms in total. The third-order valence-corrected chi connectivity index (χ3v) is 0.769. The second-order valence-corrected chi connectivity index (χ2v) is 1.38. The summed E-state index contributed by atoms with van der Waals surface area (Å²) < 4.78 is 0. The van der Waals surface area contributed by atoms with Gasteiger partial charge in [0, 0.05) is 0 Å². The van der Waals surface area contributed by atoms with Crippen LogP contribution in [0.15, 0.2) is 17.6 Å². The first-order valence-corrected chi connectivity index (χ1v) is 2.00. The third kappa shape index (κ3) is 4.55. The zero-order valence-electron chi connectivity index (χ0n) is 4.82. The first kappa shape index (κ1) is 11.2. The summed E-state index contributed by atoms with van der Waals surface area (Å²) in [7, 11) is 0. The van der Waals surface area contributed by atoms with Crippen molar-refractivity contribution in [3.63, 3.8) is 0 Å². The Labute approximate surface area is 71.4 Å². The molecule has 0 aliphatic heterocycles. The molecule has 0 aromatic rings. The SMILES string of the molecule is OC=C=C1CC1.[Br-].[Li+]. The maximum absolute atomic E-state index is 8.02. The second kappa shape index (κ2) is 5.53. The van der Waals surface area contributed by atoms with E-state index in [-0.39, 0.29) is 35.8 Å². The summed E-state index contributed by atoms with van der Waals surface area (Å²) in [5, 5.41) is 8.02.